The van der Waals surface area contributed by atoms with Crippen molar-refractivity contribution in [1.29, 1.82) is 0 Å². The summed E-state index contributed by atoms with van der Waals surface area (Å²) < 4.78 is 15.2. The van der Waals surface area contributed by atoms with Crippen LogP contribution in [0.15, 0.2) is 11.0 Å². The maximum Gasteiger partial charge on any atom is 0.225 e. The predicted molar refractivity (Wildman–Crippen MR) is 108 cm³/mol. The highest BCUT2D eigenvalue weighted by Gasteiger charge is 2.15. The summed E-state index contributed by atoms with van der Waals surface area (Å²) in [5.41, 5.74) is 7.37. The Labute approximate surface area is 166 Å². The molecule has 2 aromatic heterocycles. The third-order valence-electron chi connectivity index (χ3n) is 4.93. The van der Waals surface area contributed by atoms with Crippen molar-refractivity contribution in [2.45, 2.75) is 65.5 Å². The molecule has 0 spiro atoms. The third-order valence-corrected chi connectivity index (χ3v) is 7.22. The van der Waals surface area contributed by atoms with Crippen LogP contribution < -0.4 is 9.13 Å². The Morgan fingerprint density at radius 1 is 0.731 bits per heavy atom. The van der Waals surface area contributed by atoms with Gasteiger partial charge in [-0.1, -0.05) is 22.7 Å². The molecule has 0 aliphatic carbocycles. The first-order valence-electron chi connectivity index (χ1n) is 9.58. The highest BCUT2D eigenvalue weighted by atomic mass is 32.1. The molecule has 0 radical (unpaired) electrons. The van der Waals surface area contributed by atoms with Gasteiger partial charge in [0.05, 0.1) is 23.0 Å². The second kappa shape index (κ2) is 11.8. The Bertz CT molecular complexity index is 596. The van der Waals surface area contributed by atoms with E-state index in [1.807, 2.05) is 22.7 Å². The van der Waals surface area contributed by atoms with Gasteiger partial charge in [-0.15, -0.1) is 0 Å². The molecule has 2 aromatic rings. The Balaban J connectivity index is 1.64. The van der Waals surface area contributed by atoms with Crippen molar-refractivity contribution in [3.05, 3.63) is 32.2 Å². The van der Waals surface area contributed by atoms with Gasteiger partial charge in [-0.2, -0.15) is 9.13 Å². The lowest BCUT2D eigenvalue weighted by atomic mass is 10.2. The van der Waals surface area contributed by atoms with Crippen LogP contribution >= 0.6 is 22.7 Å². The average molecular weight is 399 g/mol. The number of aromatic nitrogens is 2. The van der Waals surface area contributed by atoms with Gasteiger partial charge in [-0.3, -0.25) is 0 Å². The van der Waals surface area contributed by atoms with Crippen LogP contribution in [0.25, 0.3) is 0 Å². The van der Waals surface area contributed by atoms with E-state index in [0.717, 1.165) is 39.1 Å². The molecule has 0 aliphatic heterocycles. The van der Waals surface area contributed by atoms with E-state index in [9.17, 15) is 0 Å². The van der Waals surface area contributed by atoms with E-state index >= 15 is 0 Å². The highest BCUT2D eigenvalue weighted by Crippen LogP contribution is 2.13. The number of rotatable bonds is 13. The maximum absolute atomic E-state index is 5.19. The molecule has 0 saturated carbocycles. The van der Waals surface area contributed by atoms with Crippen molar-refractivity contribution in [2.24, 2.45) is 0 Å². The van der Waals surface area contributed by atoms with Gasteiger partial charge < -0.3 is 9.47 Å². The van der Waals surface area contributed by atoms with E-state index in [1.54, 1.807) is 14.2 Å². The number of hydrogen-bond acceptors (Lipinski definition) is 4. The van der Waals surface area contributed by atoms with Crippen molar-refractivity contribution in [2.75, 3.05) is 27.4 Å². The summed E-state index contributed by atoms with van der Waals surface area (Å²) in [4.78, 5) is 2.92. The van der Waals surface area contributed by atoms with Gasteiger partial charge in [-0.25, -0.2) is 0 Å². The summed E-state index contributed by atoms with van der Waals surface area (Å²) in [6, 6.07) is 0. The molecule has 0 bridgehead atoms. The molecule has 6 heteroatoms. The summed E-state index contributed by atoms with van der Waals surface area (Å²) in [7, 11) is 3.54. The van der Waals surface area contributed by atoms with Crippen molar-refractivity contribution in [3.8, 4) is 0 Å². The minimum atomic E-state index is 0.814. The largest absolute Gasteiger partial charge is 0.384 e. The number of ether oxygens (including phenoxy) is 2. The minimum absolute atomic E-state index is 0.814. The molecule has 4 nitrogen and oxygen atoms in total. The molecule has 2 rings (SSSR count). The van der Waals surface area contributed by atoms with Crippen LogP contribution in [-0.4, -0.2) is 27.4 Å². The van der Waals surface area contributed by atoms with Crippen LogP contribution in [0.2, 0.25) is 0 Å². The number of methoxy groups -OCH3 is 2. The number of nitrogens with zero attached hydrogens (tertiary/aromatic N) is 2. The average Bonchev–Trinajstić information content (AvgIpc) is 3.17. The van der Waals surface area contributed by atoms with Gasteiger partial charge in [0.1, 0.15) is 13.1 Å². The van der Waals surface area contributed by atoms with Crippen LogP contribution in [-0.2, 0) is 35.4 Å². The van der Waals surface area contributed by atoms with Gasteiger partial charge in [0, 0.05) is 53.8 Å². The Morgan fingerprint density at radius 3 is 1.54 bits per heavy atom. The SMILES string of the molecule is COCCc1sc[n+](CCCCCC[n+]2csc(CCOC)c2C)c1C. The molecule has 0 N–H and O–H groups in total. The van der Waals surface area contributed by atoms with Crippen molar-refractivity contribution in [1.82, 2.24) is 0 Å². The molecule has 2 heterocycles. The normalized spacial score (nSPS) is 11.4. The van der Waals surface area contributed by atoms with E-state index in [4.69, 9.17) is 9.47 Å². The molecular weight excluding hydrogens is 364 g/mol. The van der Waals surface area contributed by atoms with Gasteiger partial charge in [0.25, 0.3) is 0 Å². The first kappa shape index (κ1) is 21.5. The molecule has 0 amide bonds. The molecule has 0 aromatic carbocycles. The zero-order valence-corrected chi connectivity index (χ0v) is 18.4. The van der Waals surface area contributed by atoms with Crippen LogP contribution in [0.4, 0.5) is 0 Å². The lowest BCUT2D eigenvalue weighted by Gasteiger charge is -2.00. The van der Waals surface area contributed by atoms with E-state index in [0.29, 0.717) is 0 Å². The fraction of sp³-hybridized carbons (Fsp3) is 0.700. The first-order valence-corrected chi connectivity index (χ1v) is 11.3. The second-order valence-electron chi connectivity index (χ2n) is 6.75. The van der Waals surface area contributed by atoms with Crippen LogP contribution in [0.3, 0.4) is 0 Å². The van der Waals surface area contributed by atoms with Crippen LogP contribution in [0.5, 0.6) is 0 Å². The number of hydrogen-bond donors (Lipinski definition) is 0. The standard InChI is InChI=1S/C20H34N2O2S2/c1-17-19(9-13-23-3)25-15-21(17)11-7-5-6-8-12-22-16-26-20(18(22)2)10-14-24-4/h15-16H,5-14H2,1-4H3/q+2. The van der Waals surface area contributed by atoms with Crippen molar-refractivity contribution >= 4 is 22.7 Å². The Morgan fingerprint density at radius 2 is 1.15 bits per heavy atom. The van der Waals surface area contributed by atoms with Crippen LogP contribution in [0, 0.1) is 13.8 Å². The van der Waals surface area contributed by atoms with Gasteiger partial charge in [0.2, 0.25) is 11.0 Å². The molecular formula is C20H34N2O2S2+2. The minimum Gasteiger partial charge on any atom is -0.384 e. The molecule has 26 heavy (non-hydrogen) atoms. The fourth-order valence-corrected chi connectivity index (χ4v) is 5.15. The highest BCUT2D eigenvalue weighted by molar-refractivity contribution is 7.09. The summed E-state index contributed by atoms with van der Waals surface area (Å²) in [6.07, 6.45) is 7.19. The third kappa shape index (κ3) is 6.41. The lowest BCUT2D eigenvalue weighted by molar-refractivity contribution is -0.700. The van der Waals surface area contributed by atoms with Gasteiger partial charge >= 0.3 is 0 Å². The quantitative estimate of drug-likeness (QED) is 0.380. The summed E-state index contributed by atoms with van der Waals surface area (Å²) in [5.74, 6) is 0. The van der Waals surface area contributed by atoms with Crippen molar-refractivity contribution in [3.63, 3.8) is 0 Å². The predicted octanol–water partition coefficient (Wildman–Crippen LogP) is 3.64. The molecule has 0 atom stereocenters. The number of unbranched alkanes of at least 4 members (excludes halogenated alkanes) is 3. The zero-order valence-electron chi connectivity index (χ0n) is 16.8. The van der Waals surface area contributed by atoms with Gasteiger partial charge in [-0.05, 0) is 12.8 Å². The first-order chi connectivity index (χ1) is 12.7. The topological polar surface area (TPSA) is 26.2 Å². The van der Waals surface area contributed by atoms with E-state index in [2.05, 4.69) is 34.0 Å². The van der Waals surface area contributed by atoms with Gasteiger partial charge in [0.15, 0.2) is 11.4 Å². The summed E-state index contributed by atoms with van der Waals surface area (Å²) in [6.45, 7) is 8.38. The summed E-state index contributed by atoms with van der Waals surface area (Å²) >= 11 is 3.73. The fourth-order valence-electron chi connectivity index (χ4n) is 3.13. The lowest BCUT2D eigenvalue weighted by Crippen LogP contribution is -2.35. The molecule has 0 unspecified atom stereocenters. The van der Waals surface area contributed by atoms with E-state index in [-0.39, 0.29) is 0 Å². The monoisotopic (exact) mass is 398 g/mol. The Kier molecular flexibility index (Phi) is 9.75. The maximum atomic E-state index is 5.19. The zero-order chi connectivity index (χ0) is 18.8. The van der Waals surface area contributed by atoms with E-state index < -0.39 is 0 Å². The number of aryl methyl sites for hydroxylation is 2. The molecule has 0 aliphatic rings. The number of thiazole rings is 2. The molecule has 146 valence electrons. The molecule has 0 saturated heterocycles. The Hall–Kier alpha value is -0.820. The van der Waals surface area contributed by atoms with E-state index in [1.165, 1.54) is 46.8 Å². The summed E-state index contributed by atoms with van der Waals surface area (Å²) in [5, 5.41) is 0. The smallest absolute Gasteiger partial charge is 0.225 e. The second-order valence-corrected chi connectivity index (χ2v) is 8.63. The van der Waals surface area contributed by atoms with Crippen molar-refractivity contribution < 1.29 is 18.6 Å². The van der Waals surface area contributed by atoms with Crippen LogP contribution in [0.1, 0.15) is 46.8 Å². The molecule has 0 fully saturated rings.